The maximum absolute atomic E-state index is 10.2. The molecule has 1 aliphatic carbocycles. The summed E-state index contributed by atoms with van der Waals surface area (Å²) < 4.78 is 0. The summed E-state index contributed by atoms with van der Waals surface area (Å²) in [4.78, 5) is 0. The highest BCUT2D eigenvalue weighted by molar-refractivity contribution is 4.83. The predicted molar refractivity (Wildman–Crippen MR) is 67.2 cm³/mol. The summed E-state index contributed by atoms with van der Waals surface area (Å²) in [7, 11) is 0. The highest BCUT2D eigenvalue weighted by atomic mass is 16.3. The summed E-state index contributed by atoms with van der Waals surface area (Å²) in [6.45, 7) is 6.43. The van der Waals surface area contributed by atoms with Crippen LogP contribution < -0.4 is 0 Å². The van der Waals surface area contributed by atoms with Crippen molar-refractivity contribution in [3.05, 3.63) is 0 Å². The SMILES string of the molecule is CCC(CC)C(O)C(O)C1CCCC(C)C1. The van der Waals surface area contributed by atoms with Crippen molar-refractivity contribution >= 4 is 0 Å². The quantitative estimate of drug-likeness (QED) is 0.759. The minimum Gasteiger partial charge on any atom is -0.390 e. The lowest BCUT2D eigenvalue weighted by molar-refractivity contribution is -0.0607. The largest absolute Gasteiger partial charge is 0.390 e. The van der Waals surface area contributed by atoms with Crippen LogP contribution in [-0.4, -0.2) is 22.4 Å². The number of aliphatic hydroxyl groups excluding tert-OH is 2. The third kappa shape index (κ3) is 3.46. The molecule has 0 spiro atoms. The van der Waals surface area contributed by atoms with Crippen LogP contribution in [0.3, 0.4) is 0 Å². The van der Waals surface area contributed by atoms with Gasteiger partial charge in [0.1, 0.15) is 0 Å². The molecular formula is C14H28O2. The van der Waals surface area contributed by atoms with E-state index < -0.39 is 12.2 Å². The lowest BCUT2D eigenvalue weighted by atomic mass is 9.76. The Kier molecular flexibility index (Phi) is 5.77. The van der Waals surface area contributed by atoms with Crippen LogP contribution in [0, 0.1) is 17.8 Å². The first kappa shape index (κ1) is 14.0. The van der Waals surface area contributed by atoms with E-state index in [2.05, 4.69) is 20.8 Å². The monoisotopic (exact) mass is 228 g/mol. The molecule has 0 radical (unpaired) electrons. The number of hydrogen-bond donors (Lipinski definition) is 2. The van der Waals surface area contributed by atoms with Gasteiger partial charge in [0.2, 0.25) is 0 Å². The number of rotatable bonds is 5. The molecule has 2 N–H and O–H groups in total. The molecule has 0 bridgehead atoms. The van der Waals surface area contributed by atoms with Crippen molar-refractivity contribution in [2.45, 2.75) is 71.5 Å². The van der Waals surface area contributed by atoms with Gasteiger partial charge in [-0.15, -0.1) is 0 Å². The molecule has 0 saturated heterocycles. The van der Waals surface area contributed by atoms with Crippen molar-refractivity contribution < 1.29 is 10.2 Å². The van der Waals surface area contributed by atoms with Crippen LogP contribution >= 0.6 is 0 Å². The molecule has 1 fully saturated rings. The summed E-state index contributed by atoms with van der Waals surface area (Å²) in [6, 6.07) is 0. The van der Waals surface area contributed by atoms with Gasteiger partial charge in [0.05, 0.1) is 12.2 Å². The molecule has 4 atom stereocenters. The molecular weight excluding hydrogens is 200 g/mol. The van der Waals surface area contributed by atoms with E-state index in [1.807, 2.05) is 0 Å². The van der Waals surface area contributed by atoms with Crippen LogP contribution in [-0.2, 0) is 0 Å². The third-order valence-corrected chi connectivity index (χ3v) is 4.34. The van der Waals surface area contributed by atoms with Gasteiger partial charge in [-0.3, -0.25) is 0 Å². The number of aliphatic hydroxyl groups is 2. The normalized spacial score (nSPS) is 30.4. The Morgan fingerprint density at radius 3 is 2.25 bits per heavy atom. The zero-order valence-electron chi connectivity index (χ0n) is 11.0. The molecule has 2 heteroatoms. The molecule has 1 aliphatic rings. The van der Waals surface area contributed by atoms with Crippen LogP contribution in [0.2, 0.25) is 0 Å². The highest BCUT2D eigenvalue weighted by Crippen LogP contribution is 2.33. The Labute approximate surface area is 100 Å². The van der Waals surface area contributed by atoms with Gasteiger partial charge in [-0.1, -0.05) is 46.5 Å². The molecule has 0 aromatic carbocycles. The van der Waals surface area contributed by atoms with Crippen LogP contribution in [0.4, 0.5) is 0 Å². The summed E-state index contributed by atoms with van der Waals surface area (Å²) in [5.74, 6) is 1.29. The second kappa shape index (κ2) is 6.61. The predicted octanol–water partition coefficient (Wildman–Crippen LogP) is 2.97. The van der Waals surface area contributed by atoms with Gasteiger partial charge >= 0.3 is 0 Å². The maximum atomic E-state index is 10.2. The fraction of sp³-hybridized carbons (Fsp3) is 1.00. The van der Waals surface area contributed by atoms with Crippen molar-refractivity contribution in [3.63, 3.8) is 0 Å². The Morgan fingerprint density at radius 2 is 1.75 bits per heavy atom. The van der Waals surface area contributed by atoms with Crippen LogP contribution in [0.5, 0.6) is 0 Å². The Hall–Kier alpha value is -0.0800. The zero-order valence-corrected chi connectivity index (χ0v) is 11.0. The van der Waals surface area contributed by atoms with Crippen molar-refractivity contribution in [1.29, 1.82) is 0 Å². The van der Waals surface area contributed by atoms with E-state index >= 15 is 0 Å². The van der Waals surface area contributed by atoms with E-state index in [0.717, 1.165) is 25.7 Å². The average Bonchev–Trinajstić information content (AvgIpc) is 2.29. The first-order valence-electron chi connectivity index (χ1n) is 6.96. The van der Waals surface area contributed by atoms with Gasteiger partial charge in [-0.2, -0.15) is 0 Å². The van der Waals surface area contributed by atoms with Gasteiger partial charge < -0.3 is 10.2 Å². The minimum atomic E-state index is -0.523. The van der Waals surface area contributed by atoms with Gasteiger partial charge in [0, 0.05) is 0 Å². The summed E-state index contributed by atoms with van der Waals surface area (Å²) >= 11 is 0. The van der Waals surface area contributed by atoms with Crippen LogP contribution in [0.25, 0.3) is 0 Å². The molecule has 2 nitrogen and oxygen atoms in total. The lowest BCUT2D eigenvalue weighted by Gasteiger charge is -2.35. The van der Waals surface area contributed by atoms with Gasteiger partial charge in [-0.25, -0.2) is 0 Å². The molecule has 0 heterocycles. The van der Waals surface area contributed by atoms with E-state index in [0.29, 0.717) is 11.8 Å². The minimum absolute atomic E-state index is 0.257. The maximum Gasteiger partial charge on any atom is 0.0830 e. The molecule has 0 aromatic heterocycles. The molecule has 96 valence electrons. The average molecular weight is 228 g/mol. The third-order valence-electron chi connectivity index (χ3n) is 4.34. The van der Waals surface area contributed by atoms with Crippen LogP contribution in [0.15, 0.2) is 0 Å². The van der Waals surface area contributed by atoms with Crippen molar-refractivity contribution in [1.82, 2.24) is 0 Å². The first-order chi connectivity index (χ1) is 7.60. The summed E-state index contributed by atoms with van der Waals surface area (Å²) in [5.41, 5.74) is 0. The molecule has 16 heavy (non-hydrogen) atoms. The molecule has 0 amide bonds. The fourth-order valence-electron chi connectivity index (χ4n) is 3.12. The van der Waals surface area contributed by atoms with Gasteiger partial charge in [0.25, 0.3) is 0 Å². The Bertz CT molecular complexity index is 187. The van der Waals surface area contributed by atoms with Crippen molar-refractivity contribution in [3.8, 4) is 0 Å². The van der Waals surface area contributed by atoms with Crippen molar-refractivity contribution in [2.75, 3.05) is 0 Å². The van der Waals surface area contributed by atoms with Gasteiger partial charge in [0.15, 0.2) is 0 Å². The number of hydrogen-bond acceptors (Lipinski definition) is 2. The lowest BCUT2D eigenvalue weighted by Crippen LogP contribution is -2.40. The first-order valence-corrected chi connectivity index (χ1v) is 6.96. The van der Waals surface area contributed by atoms with Crippen molar-refractivity contribution in [2.24, 2.45) is 17.8 Å². The highest BCUT2D eigenvalue weighted by Gasteiger charge is 2.32. The topological polar surface area (TPSA) is 40.5 Å². The van der Waals surface area contributed by atoms with Crippen LogP contribution in [0.1, 0.15) is 59.3 Å². The Morgan fingerprint density at radius 1 is 1.12 bits per heavy atom. The smallest absolute Gasteiger partial charge is 0.0830 e. The molecule has 0 aliphatic heterocycles. The second-order valence-electron chi connectivity index (χ2n) is 5.59. The van der Waals surface area contributed by atoms with E-state index in [1.54, 1.807) is 0 Å². The van der Waals surface area contributed by atoms with E-state index in [4.69, 9.17) is 0 Å². The van der Waals surface area contributed by atoms with E-state index in [1.165, 1.54) is 12.8 Å². The molecule has 4 unspecified atom stereocenters. The van der Waals surface area contributed by atoms with E-state index in [-0.39, 0.29) is 5.92 Å². The molecule has 1 rings (SSSR count). The second-order valence-corrected chi connectivity index (χ2v) is 5.59. The van der Waals surface area contributed by atoms with E-state index in [9.17, 15) is 10.2 Å². The zero-order chi connectivity index (χ0) is 12.1. The van der Waals surface area contributed by atoms with Gasteiger partial charge in [-0.05, 0) is 30.6 Å². The molecule has 1 saturated carbocycles. The standard InChI is InChI=1S/C14H28O2/c1-4-11(5-2)13(15)14(16)12-8-6-7-10(3)9-12/h10-16H,4-9H2,1-3H3. The fourth-order valence-corrected chi connectivity index (χ4v) is 3.12. The Balaban J connectivity index is 2.51. The summed E-state index contributed by atoms with van der Waals surface area (Å²) in [5, 5.41) is 20.4. The molecule has 0 aromatic rings. The summed E-state index contributed by atoms with van der Waals surface area (Å²) in [6.07, 6.45) is 5.54.